The molecule has 0 fully saturated rings. The molecule has 0 unspecified atom stereocenters. The van der Waals surface area contributed by atoms with Crippen LogP contribution in [0.5, 0.6) is 0 Å². The van der Waals surface area contributed by atoms with E-state index in [1.54, 1.807) is 0 Å². The highest BCUT2D eigenvalue weighted by Gasteiger charge is 2.32. The van der Waals surface area contributed by atoms with Crippen LogP contribution in [0.15, 0.2) is 12.2 Å². The summed E-state index contributed by atoms with van der Waals surface area (Å²) in [5.74, 6) is 0.323. The molecule has 2 atom stereocenters. The fraction of sp³-hybridized carbons (Fsp3) is 0.778. The van der Waals surface area contributed by atoms with Gasteiger partial charge in [-0.05, 0) is 11.8 Å². The Hall–Kier alpha value is -0.300. The minimum atomic E-state index is -0.169. The van der Waals surface area contributed by atoms with E-state index in [9.17, 15) is 5.11 Å². The molecule has 0 amide bonds. The van der Waals surface area contributed by atoms with Gasteiger partial charge in [0.05, 0.1) is 6.10 Å². The molecular formula is C9H16O. The van der Waals surface area contributed by atoms with Crippen molar-refractivity contribution in [1.29, 1.82) is 0 Å². The van der Waals surface area contributed by atoms with Crippen molar-refractivity contribution in [1.82, 2.24) is 0 Å². The molecule has 1 rings (SSSR count). The molecule has 0 heterocycles. The van der Waals surface area contributed by atoms with Gasteiger partial charge in [0.25, 0.3) is 0 Å². The van der Waals surface area contributed by atoms with Crippen molar-refractivity contribution in [3.8, 4) is 0 Å². The van der Waals surface area contributed by atoms with E-state index in [1.807, 2.05) is 0 Å². The Labute approximate surface area is 62.8 Å². The monoisotopic (exact) mass is 140 g/mol. The van der Waals surface area contributed by atoms with Crippen LogP contribution in [-0.4, -0.2) is 11.2 Å². The first kappa shape index (κ1) is 7.80. The molecule has 58 valence electrons. The van der Waals surface area contributed by atoms with Crippen LogP contribution >= 0.6 is 0 Å². The van der Waals surface area contributed by atoms with Crippen LogP contribution in [0.1, 0.15) is 27.2 Å². The van der Waals surface area contributed by atoms with Crippen molar-refractivity contribution < 1.29 is 5.11 Å². The zero-order chi connectivity index (χ0) is 7.78. The van der Waals surface area contributed by atoms with Gasteiger partial charge in [-0.2, -0.15) is 0 Å². The highest BCUT2D eigenvalue weighted by Crippen LogP contribution is 2.34. The lowest BCUT2D eigenvalue weighted by atomic mass is 9.74. The lowest BCUT2D eigenvalue weighted by molar-refractivity contribution is 0.0171. The molecule has 0 bridgehead atoms. The maximum absolute atomic E-state index is 9.65. The van der Waals surface area contributed by atoms with Crippen molar-refractivity contribution in [2.24, 2.45) is 11.3 Å². The maximum atomic E-state index is 9.65. The third kappa shape index (κ3) is 1.24. The van der Waals surface area contributed by atoms with Crippen LogP contribution in [-0.2, 0) is 0 Å². The molecule has 0 radical (unpaired) electrons. The maximum Gasteiger partial charge on any atom is 0.0653 e. The Morgan fingerprint density at radius 1 is 1.50 bits per heavy atom. The van der Waals surface area contributed by atoms with Gasteiger partial charge in [-0.1, -0.05) is 32.9 Å². The summed E-state index contributed by atoms with van der Waals surface area (Å²) >= 11 is 0. The second kappa shape index (κ2) is 2.39. The average molecular weight is 140 g/mol. The van der Waals surface area contributed by atoms with E-state index in [0.29, 0.717) is 5.92 Å². The molecule has 0 saturated heterocycles. The summed E-state index contributed by atoms with van der Waals surface area (Å²) in [5.41, 5.74) is 0.0775. The van der Waals surface area contributed by atoms with E-state index in [2.05, 4.69) is 32.9 Å². The van der Waals surface area contributed by atoms with Gasteiger partial charge in [0, 0.05) is 5.92 Å². The summed E-state index contributed by atoms with van der Waals surface area (Å²) in [6.07, 6.45) is 5.09. The predicted octanol–water partition coefficient (Wildman–Crippen LogP) is 1.97. The molecule has 10 heavy (non-hydrogen) atoms. The van der Waals surface area contributed by atoms with Gasteiger partial charge in [-0.3, -0.25) is 0 Å². The first-order chi connectivity index (χ1) is 4.54. The molecule has 0 saturated carbocycles. The van der Waals surface area contributed by atoms with E-state index in [-0.39, 0.29) is 11.5 Å². The summed E-state index contributed by atoms with van der Waals surface area (Å²) in [7, 11) is 0. The van der Waals surface area contributed by atoms with Crippen molar-refractivity contribution in [3.05, 3.63) is 12.2 Å². The van der Waals surface area contributed by atoms with Crippen LogP contribution in [0.25, 0.3) is 0 Å². The molecule has 0 aromatic rings. The molecule has 1 heteroatoms. The summed E-state index contributed by atoms with van der Waals surface area (Å²) in [6.45, 7) is 6.28. The molecule has 0 aliphatic heterocycles. The lowest BCUT2D eigenvalue weighted by Gasteiger charge is -2.35. The number of hydrogen-bond acceptors (Lipinski definition) is 1. The largest absolute Gasteiger partial charge is 0.392 e. The molecule has 0 aromatic carbocycles. The molecular weight excluding hydrogens is 124 g/mol. The minimum absolute atomic E-state index is 0.0775. The Balaban J connectivity index is 2.75. The third-order valence-corrected chi connectivity index (χ3v) is 2.38. The van der Waals surface area contributed by atoms with E-state index >= 15 is 0 Å². The summed E-state index contributed by atoms with van der Waals surface area (Å²) in [5, 5.41) is 9.65. The van der Waals surface area contributed by atoms with Crippen molar-refractivity contribution >= 4 is 0 Å². The van der Waals surface area contributed by atoms with Gasteiger partial charge >= 0.3 is 0 Å². The molecule has 1 aliphatic carbocycles. The predicted molar refractivity (Wildman–Crippen MR) is 42.7 cm³/mol. The van der Waals surface area contributed by atoms with Gasteiger partial charge in [0.15, 0.2) is 0 Å². The second-order valence-electron chi connectivity index (χ2n) is 3.92. The van der Waals surface area contributed by atoms with Gasteiger partial charge < -0.3 is 5.11 Å². The molecule has 1 nitrogen and oxygen atoms in total. The Morgan fingerprint density at radius 3 is 2.50 bits per heavy atom. The highest BCUT2D eigenvalue weighted by atomic mass is 16.3. The van der Waals surface area contributed by atoms with E-state index in [1.165, 1.54) is 0 Å². The van der Waals surface area contributed by atoms with Crippen molar-refractivity contribution in [3.63, 3.8) is 0 Å². The number of rotatable bonds is 0. The topological polar surface area (TPSA) is 20.2 Å². The number of aliphatic hydroxyl groups excluding tert-OH is 1. The normalized spacial score (nSPS) is 38.0. The zero-order valence-corrected chi connectivity index (χ0v) is 6.96. The van der Waals surface area contributed by atoms with E-state index in [0.717, 1.165) is 6.42 Å². The average Bonchev–Trinajstić information content (AvgIpc) is 1.83. The molecule has 1 N–H and O–H groups in total. The van der Waals surface area contributed by atoms with E-state index < -0.39 is 0 Å². The first-order valence-corrected chi connectivity index (χ1v) is 3.89. The van der Waals surface area contributed by atoms with Crippen LogP contribution in [0.3, 0.4) is 0 Å². The summed E-state index contributed by atoms with van der Waals surface area (Å²) in [4.78, 5) is 0. The summed E-state index contributed by atoms with van der Waals surface area (Å²) < 4.78 is 0. The van der Waals surface area contributed by atoms with Gasteiger partial charge in [-0.15, -0.1) is 0 Å². The molecule has 1 aliphatic rings. The first-order valence-electron chi connectivity index (χ1n) is 3.89. The molecule has 0 aromatic heterocycles. The standard InChI is InChI=1S/C9H16O/c1-7-5-4-6-9(2,3)8(7)10/h4-5,7-8,10H,6H2,1-3H3/t7-,8+/m0/s1. The number of allylic oxidation sites excluding steroid dienone is 1. The van der Waals surface area contributed by atoms with Crippen molar-refractivity contribution in [2.75, 3.05) is 0 Å². The van der Waals surface area contributed by atoms with Gasteiger partial charge in [0.2, 0.25) is 0 Å². The van der Waals surface area contributed by atoms with Gasteiger partial charge in [-0.25, -0.2) is 0 Å². The minimum Gasteiger partial charge on any atom is -0.392 e. The lowest BCUT2D eigenvalue weighted by Crippen LogP contribution is -2.35. The van der Waals surface area contributed by atoms with Crippen LogP contribution < -0.4 is 0 Å². The van der Waals surface area contributed by atoms with E-state index in [4.69, 9.17) is 0 Å². The van der Waals surface area contributed by atoms with Crippen LogP contribution in [0.2, 0.25) is 0 Å². The fourth-order valence-corrected chi connectivity index (χ4v) is 1.52. The Kier molecular flexibility index (Phi) is 1.86. The third-order valence-electron chi connectivity index (χ3n) is 2.38. The highest BCUT2D eigenvalue weighted by molar-refractivity contribution is 5.02. The smallest absolute Gasteiger partial charge is 0.0653 e. The zero-order valence-electron chi connectivity index (χ0n) is 6.96. The summed E-state index contributed by atoms with van der Waals surface area (Å²) in [6, 6.07) is 0. The number of hydrogen-bond donors (Lipinski definition) is 1. The second-order valence-corrected chi connectivity index (χ2v) is 3.92. The quantitative estimate of drug-likeness (QED) is 0.510. The molecule has 0 spiro atoms. The van der Waals surface area contributed by atoms with Crippen LogP contribution in [0.4, 0.5) is 0 Å². The van der Waals surface area contributed by atoms with Crippen LogP contribution in [0, 0.1) is 11.3 Å². The SMILES string of the molecule is C[C@H]1C=CCC(C)(C)[C@@H]1O. The Bertz CT molecular complexity index is 147. The van der Waals surface area contributed by atoms with Crippen molar-refractivity contribution in [2.45, 2.75) is 33.3 Å². The number of aliphatic hydroxyl groups is 1. The Morgan fingerprint density at radius 2 is 2.10 bits per heavy atom. The fourth-order valence-electron chi connectivity index (χ4n) is 1.52. The van der Waals surface area contributed by atoms with Gasteiger partial charge in [0.1, 0.15) is 0 Å².